The van der Waals surface area contributed by atoms with Gasteiger partial charge >= 0.3 is 5.97 Å². The second-order valence-electron chi connectivity index (χ2n) is 8.59. The Kier molecular flexibility index (Phi) is 7.09. The Morgan fingerprint density at radius 2 is 1.97 bits per heavy atom. The first-order valence-electron chi connectivity index (χ1n) is 11.4. The number of esters is 1. The van der Waals surface area contributed by atoms with Crippen LogP contribution in [0.3, 0.4) is 0 Å². The van der Waals surface area contributed by atoms with Gasteiger partial charge < -0.3 is 10.1 Å². The van der Waals surface area contributed by atoms with Gasteiger partial charge in [-0.05, 0) is 55.8 Å². The summed E-state index contributed by atoms with van der Waals surface area (Å²) < 4.78 is 7.59. The number of benzene rings is 2. The molecule has 0 spiro atoms. The van der Waals surface area contributed by atoms with Crippen molar-refractivity contribution in [2.75, 3.05) is 13.8 Å². The molecular formula is C29H27N3O3S. The van der Waals surface area contributed by atoms with Gasteiger partial charge in [-0.15, -0.1) is 17.3 Å². The zero-order chi connectivity index (χ0) is 25.9. The summed E-state index contributed by atoms with van der Waals surface area (Å²) in [6.07, 6.45) is 4.64. The molecule has 0 aliphatic carbocycles. The first-order valence-corrected chi connectivity index (χ1v) is 12.2. The van der Waals surface area contributed by atoms with E-state index in [1.807, 2.05) is 26.0 Å². The topological polar surface area (TPSA) is 71.0 Å². The molecule has 182 valence electrons. The monoisotopic (exact) mass is 497 g/mol. The maximum absolute atomic E-state index is 12.9. The molecule has 4 rings (SSSR count). The quantitative estimate of drug-likeness (QED) is 0.219. The van der Waals surface area contributed by atoms with Crippen LogP contribution in [-0.2, 0) is 19.9 Å². The van der Waals surface area contributed by atoms with E-state index in [4.69, 9.17) is 4.74 Å². The lowest BCUT2D eigenvalue weighted by molar-refractivity contribution is -0.138. The van der Waals surface area contributed by atoms with E-state index < -0.39 is 11.5 Å². The normalized spacial score (nSPS) is 19.1. The highest BCUT2D eigenvalue weighted by atomic mass is 32.1. The molecule has 0 radical (unpaired) electrons. The minimum Gasteiger partial charge on any atom is -0.439 e. The van der Waals surface area contributed by atoms with Crippen LogP contribution >= 0.6 is 11.3 Å². The molecule has 2 heterocycles. The molecule has 1 aliphatic heterocycles. The predicted molar refractivity (Wildman–Crippen MR) is 147 cm³/mol. The number of hydrogen-bond donors (Lipinski definition) is 1. The minimum atomic E-state index is -0.690. The SMILES string of the molecule is C=C/C=C(\C=C)C(=O)OC/N=C1/N[C@](C)(c2ccc3sc4ccc(C#CC)cc4c3c2)CC(=O)N1C. The molecule has 1 atom stereocenters. The summed E-state index contributed by atoms with van der Waals surface area (Å²) in [5, 5.41) is 5.67. The number of fused-ring (bicyclic) bond motifs is 3. The standard InChI is InChI=1S/C29H27N3O3S/c1-6-9-19-11-13-24-22(15-19)23-16-21(12-14-25(23)36-24)29(4)17-26(33)32(5)28(31-29)30-18-35-27(34)20(8-3)10-7-2/h7-8,10-16H,2-3,17-18H2,1,4-5H3,(H,30,31)/b20-10+/t29-/m0/s1. The second-order valence-corrected chi connectivity index (χ2v) is 9.67. The summed E-state index contributed by atoms with van der Waals surface area (Å²) in [5.74, 6) is 5.77. The molecule has 1 fully saturated rings. The van der Waals surface area contributed by atoms with Crippen LogP contribution in [0.5, 0.6) is 0 Å². The fourth-order valence-corrected chi connectivity index (χ4v) is 5.23. The average molecular weight is 498 g/mol. The van der Waals surface area contributed by atoms with Crippen molar-refractivity contribution in [2.45, 2.75) is 25.8 Å². The molecule has 1 N–H and O–H groups in total. The summed E-state index contributed by atoms with van der Waals surface area (Å²) >= 11 is 1.73. The minimum absolute atomic E-state index is 0.0876. The third-order valence-corrected chi connectivity index (χ3v) is 7.27. The molecule has 0 unspecified atom stereocenters. The van der Waals surface area contributed by atoms with Gasteiger partial charge in [-0.1, -0.05) is 37.3 Å². The van der Waals surface area contributed by atoms with E-state index in [0.717, 1.165) is 21.9 Å². The Balaban J connectivity index is 1.64. The van der Waals surface area contributed by atoms with Crippen molar-refractivity contribution >= 4 is 49.3 Å². The van der Waals surface area contributed by atoms with Crippen LogP contribution in [0, 0.1) is 11.8 Å². The Morgan fingerprint density at radius 3 is 2.67 bits per heavy atom. The number of thiophene rings is 1. The van der Waals surface area contributed by atoms with Crippen molar-refractivity contribution in [2.24, 2.45) is 4.99 Å². The van der Waals surface area contributed by atoms with Gasteiger partial charge in [0.2, 0.25) is 11.9 Å². The number of guanidine groups is 1. The smallest absolute Gasteiger partial charge is 0.339 e. The van der Waals surface area contributed by atoms with E-state index in [1.54, 1.807) is 18.4 Å². The average Bonchev–Trinajstić information content (AvgIpc) is 3.23. The number of amides is 1. The van der Waals surface area contributed by atoms with E-state index in [-0.39, 0.29) is 24.6 Å². The number of carbonyl (C=O) groups excluding carboxylic acids is 2. The van der Waals surface area contributed by atoms with Crippen LogP contribution in [0.2, 0.25) is 0 Å². The third-order valence-electron chi connectivity index (χ3n) is 6.12. The molecular weight excluding hydrogens is 470 g/mol. The zero-order valence-electron chi connectivity index (χ0n) is 20.6. The Labute approximate surface area is 214 Å². The molecule has 36 heavy (non-hydrogen) atoms. The summed E-state index contributed by atoms with van der Waals surface area (Å²) in [6, 6.07) is 12.5. The third kappa shape index (κ3) is 4.81. The number of nitrogens with zero attached hydrogens (tertiary/aromatic N) is 2. The number of nitrogens with one attached hydrogen (secondary N) is 1. The summed E-state index contributed by atoms with van der Waals surface area (Å²) in [6.45, 7) is 10.7. The molecule has 2 aromatic carbocycles. The van der Waals surface area contributed by atoms with E-state index in [2.05, 4.69) is 59.6 Å². The van der Waals surface area contributed by atoms with Gasteiger partial charge in [0.15, 0.2) is 6.73 Å². The fourth-order valence-electron chi connectivity index (χ4n) is 4.16. The largest absolute Gasteiger partial charge is 0.439 e. The summed E-state index contributed by atoms with van der Waals surface area (Å²) in [5.41, 5.74) is 1.53. The van der Waals surface area contributed by atoms with Crippen molar-refractivity contribution in [3.63, 3.8) is 0 Å². The molecule has 3 aromatic rings. The molecule has 0 bridgehead atoms. The lowest BCUT2D eigenvalue weighted by Gasteiger charge is -2.40. The summed E-state index contributed by atoms with van der Waals surface area (Å²) in [4.78, 5) is 30.9. The van der Waals surface area contributed by atoms with Gasteiger partial charge in [-0.25, -0.2) is 9.79 Å². The zero-order valence-corrected chi connectivity index (χ0v) is 21.4. The maximum atomic E-state index is 12.9. The Morgan fingerprint density at radius 1 is 1.25 bits per heavy atom. The van der Waals surface area contributed by atoms with Gasteiger partial charge in [0, 0.05) is 32.8 Å². The number of carbonyl (C=O) groups is 2. The highest BCUT2D eigenvalue weighted by Crippen LogP contribution is 2.38. The number of hydrogen-bond acceptors (Lipinski definition) is 5. The van der Waals surface area contributed by atoms with Crippen LogP contribution in [0.15, 0.2) is 78.3 Å². The molecule has 7 heteroatoms. The van der Waals surface area contributed by atoms with Crippen molar-refractivity contribution in [3.05, 3.63) is 84.5 Å². The molecule has 1 aromatic heterocycles. The van der Waals surface area contributed by atoms with Crippen LogP contribution in [-0.4, -0.2) is 36.5 Å². The van der Waals surface area contributed by atoms with Gasteiger partial charge in [0.1, 0.15) is 0 Å². The first-order chi connectivity index (χ1) is 17.3. The second kappa shape index (κ2) is 10.2. The number of ether oxygens (including phenoxy) is 1. The van der Waals surface area contributed by atoms with Crippen LogP contribution in [0.25, 0.3) is 20.2 Å². The molecule has 1 saturated heterocycles. The highest BCUT2D eigenvalue weighted by molar-refractivity contribution is 7.25. The van der Waals surface area contributed by atoms with Crippen LogP contribution in [0.1, 0.15) is 31.4 Å². The maximum Gasteiger partial charge on any atom is 0.339 e. The van der Waals surface area contributed by atoms with E-state index in [0.29, 0.717) is 5.96 Å². The van der Waals surface area contributed by atoms with Crippen molar-refractivity contribution in [1.82, 2.24) is 10.2 Å². The predicted octanol–water partition coefficient (Wildman–Crippen LogP) is 5.25. The highest BCUT2D eigenvalue weighted by Gasteiger charge is 2.38. The number of rotatable bonds is 6. The van der Waals surface area contributed by atoms with Crippen molar-refractivity contribution < 1.29 is 14.3 Å². The van der Waals surface area contributed by atoms with Crippen LogP contribution in [0.4, 0.5) is 0 Å². The van der Waals surface area contributed by atoms with E-state index in [9.17, 15) is 9.59 Å². The molecule has 0 saturated carbocycles. The molecule has 1 amide bonds. The lowest BCUT2D eigenvalue weighted by atomic mass is 9.86. The van der Waals surface area contributed by atoms with Crippen molar-refractivity contribution in [3.8, 4) is 11.8 Å². The van der Waals surface area contributed by atoms with E-state index >= 15 is 0 Å². The van der Waals surface area contributed by atoms with Gasteiger partial charge in [-0.2, -0.15) is 0 Å². The first kappa shape index (κ1) is 25.0. The summed E-state index contributed by atoms with van der Waals surface area (Å²) in [7, 11) is 1.65. The Hall–Kier alpha value is -4.15. The van der Waals surface area contributed by atoms with Gasteiger partial charge in [-0.3, -0.25) is 9.69 Å². The Bertz CT molecular complexity index is 1520. The van der Waals surface area contributed by atoms with Crippen LogP contribution < -0.4 is 5.32 Å². The van der Waals surface area contributed by atoms with E-state index in [1.165, 1.54) is 32.5 Å². The molecule has 1 aliphatic rings. The van der Waals surface area contributed by atoms with Gasteiger partial charge in [0.25, 0.3) is 0 Å². The molecule has 6 nitrogen and oxygen atoms in total. The number of aliphatic imine (C=N–C) groups is 1. The lowest BCUT2D eigenvalue weighted by Crippen LogP contribution is -2.58. The number of allylic oxidation sites excluding steroid dienone is 2. The van der Waals surface area contributed by atoms with Crippen molar-refractivity contribution in [1.29, 1.82) is 0 Å². The van der Waals surface area contributed by atoms with Gasteiger partial charge in [0.05, 0.1) is 17.5 Å². The fraction of sp³-hybridized carbons (Fsp3) is 0.207.